The highest BCUT2D eigenvalue weighted by Gasteiger charge is 2.20. The van der Waals surface area contributed by atoms with E-state index in [1.54, 1.807) is 23.7 Å². The van der Waals surface area contributed by atoms with E-state index in [1.165, 1.54) is 6.20 Å². The number of aromatic nitrogens is 2. The number of carbonyl (C=O) groups is 1. The Morgan fingerprint density at radius 1 is 1.65 bits per heavy atom. The molecular weight excluding hydrogens is 328 g/mol. The number of anilines is 1. The van der Waals surface area contributed by atoms with E-state index in [0.717, 1.165) is 4.47 Å². The molecule has 0 aliphatic rings. The minimum absolute atomic E-state index is 0.196. The summed E-state index contributed by atoms with van der Waals surface area (Å²) in [5.41, 5.74) is 6.58. The Morgan fingerprint density at radius 2 is 2.35 bits per heavy atom. The highest BCUT2D eigenvalue weighted by atomic mass is 79.9. The fraction of sp³-hybridized carbons (Fsp3) is 0.333. The predicted octanol–water partition coefficient (Wildman–Crippen LogP) is 0.349. The van der Waals surface area contributed by atoms with Gasteiger partial charge in [0, 0.05) is 10.7 Å². The van der Waals surface area contributed by atoms with Gasteiger partial charge in [-0.05, 0) is 28.9 Å². The van der Waals surface area contributed by atoms with Crippen molar-refractivity contribution in [2.24, 2.45) is 5.73 Å². The zero-order valence-electron chi connectivity index (χ0n) is 10.7. The molecule has 0 radical (unpaired) electrons. The molecule has 0 bridgehead atoms. The van der Waals surface area contributed by atoms with E-state index in [-0.39, 0.29) is 12.2 Å². The number of hydrogen-bond donors (Lipinski definition) is 4. The lowest BCUT2D eigenvalue weighted by Crippen LogP contribution is -2.35. The maximum Gasteiger partial charge on any atom is 0.252 e. The molecule has 0 saturated carbocycles. The third-order valence-corrected chi connectivity index (χ3v) is 3.41. The molecule has 2 rings (SSSR count). The van der Waals surface area contributed by atoms with E-state index >= 15 is 0 Å². The lowest BCUT2D eigenvalue weighted by molar-refractivity contribution is 0.0999. The van der Waals surface area contributed by atoms with Crippen LogP contribution >= 0.6 is 15.9 Å². The first-order chi connectivity index (χ1) is 9.43. The lowest BCUT2D eigenvalue weighted by Gasteiger charge is -2.22. The lowest BCUT2D eigenvalue weighted by atomic mass is 10.1. The average Bonchev–Trinajstić information content (AvgIpc) is 2.75. The molecule has 20 heavy (non-hydrogen) atoms. The van der Waals surface area contributed by atoms with Crippen LogP contribution in [-0.4, -0.2) is 44.5 Å². The van der Waals surface area contributed by atoms with Crippen LogP contribution in [0.4, 0.5) is 5.69 Å². The van der Waals surface area contributed by atoms with Crippen LogP contribution < -0.4 is 11.1 Å². The van der Waals surface area contributed by atoms with Crippen LogP contribution in [-0.2, 0) is 0 Å². The summed E-state index contributed by atoms with van der Waals surface area (Å²) in [5.74, 6) is -0.637. The van der Waals surface area contributed by atoms with Gasteiger partial charge in [0.2, 0.25) is 0 Å². The molecule has 0 aromatic carbocycles. The molecule has 1 unspecified atom stereocenters. The van der Waals surface area contributed by atoms with Gasteiger partial charge < -0.3 is 21.3 Å². The molecule has 7 nitrogen and oxygen atoms in total. The summed E-state index contributed by atoms with van der Waals surface area (Å²) < 4.78 is 2.35. The van der Waals surface area contributed by atoms with Crippen LogP contribution in [0.3, 0.4) is 0 Å². The summed E-state index contributed by atoms with van der Waals surface area (Å²) in [6, 6.07) is 1.14. The largest absolute Gasteiger partial charge is 0.394 e. The third kappa shape index (κ3) is 2.77. The molecule has 0 saturated heterocycles. The maximum atomic E-state index is 11.5. The van der Waals surface area contributed by atoms with Crippen LogP contribution in [0, 0.1) is 0 Å². The van der Waals surface area contributed by atoms with E-state index in [9.17, 15) is 15.0 Å². The van der Waals surface area contributed by atoms with E-state index in [2.05, 4.69) is 26.3 Å². The fourth-order valence-electron chi connectivity index (χ4n) is 1.87. The number of primary amides is 1. The SMILES string of the molecule is C[C@@H](O)C(CO)Nc1c(C(N)=O)cnn2cc(Br)cc12. The van der Waals surface area contributed by atoms with Gasteiger partial charge in [-0.2, -0.15) is 5.10 Å². The Bertz CT molecular complexity index is 641. The molecule has 0 aliphatic carbocycles. The van der Waals surface area contributed by atoms with E-state index in [0.29, 0.717) is 11.2 Å². The minimum atomic E-state index is -0.799. The molecule has 0 fully saturated rings. The topological polar surface area (TPSA) is 113 Å². The van der Waals surface area contributed by atoms with Crippen molar-refractivity contribution in [1.29, 1.82) is 0 Å². The number of carbonyl (C=O) groups excluding carboxylic acids is 1. The molecule has 108 valence electrons. The molecule has 5 N–H and O–H groups in total. The first-order valence-corrected chi connectivity index (χ1v) is 6.75. The number of hydrogen-bond acceptors (Lipinski definition) is 5. The number of aliphatic hydroxyl groups is 2. The monoisotopic (exact) mass is 342 g/mol. The standard InChI is InChI=1S/C12H15BrN4O3/c1-6(19)9(5-18)16-11-8(12(14)20)3-15-17-4-7(13)2-10(11)17/h2-4,6,9,16,18-19H,5H2,1H3,(H2,14,20)/t6-,9?/m1/s1. The van der Waals surface area contributed by atoms with Crippen LogP contribution in [0.25, 0.3) is 5.52 Å². The first kappa shape index (κ1) is 14.8. The van der Waals surface area contributed by atoms with Gasteiger partial charge in [-0.3, -0.25) is 4.79 Å². The molecule has 2 aromatic heterocycles. The van der Waals surface area contributed by atoms with Crippen LogP contribution in [0.15, 0.2) is 22.9 Å². The molecule has 2 aromatic rings. The molecular formula is C12H15BrN4O3. The Kier molecular flexibility index (Phi) is 4.26. The Labute approximate surface area is 123 Å². The Morgan fingerprint density at radius 3 is 2.90 bits per heavy atom. The second-order valence-electron chi connectivity index (χ2n) is 4.46. The van der Waals surface area contributed by atoms with Gasteiger partial charge in [0.15, 0.2) is 0 Å². The smallest absolute Gasteiger partial charge is 0.252 e. The second kappa shape index (κ2) is 5.78. The van der Waals surface area contributed by atoms with Crippen LogP contribution in [0.2, 0.25) is 0 Å². The van der Waals surface area contributed by atoms with Crippen molar-refractivity contribution < 1.29 is 15.0 Å². The highest BCUT2D eigenvalue weighted by molar-refractivity contribution is 9.10. The summed E-state index contributed by atoms with van der Waals surface area (Å²) in [6.45, 7) is 1.26. The van der Waals surface area contributed by atoms with Gasteiger partial charge >= 0.3 is 0 Å². The number of nitrogens with one attached hydrogen (secondary N) is 1. The van der Waals surface area contributed by atoms with Gasteiger partial charge in [-0.1, -0.05) is 0 Å². The highest BCUT2D eigenvalue weighted by Crippen LogP contribution is 2.26. The Balaban J connectivity index is 2.57. The second-order valence-corrected chi connectivity index (χ2v) is 5.38. The van der Waals surface area contributed by atoms with Gasteiger partial charge in [0.25, 0.3) is 5.91 Å². The van der Waals surface area contributed by atoms with E-state index in [1.807, 2.05) is 0 Å². The van der Waals surface area contributed by atoms with Gasteiger partial charge in [-0.15, -0.1) is 0 Å². The summed E-state index contributed by atoms with van der Waals surface area (Å²) >= 11 is 3.33. The van der Waals surface area contributed by atoms with Gasteiger partial charge in [0.05, 0.1) is 41.7 Å². The van der Waals surface area contributed by atoms with Crippen molar-refractivity contribution in [2.45, 2.75) is 19.1 Å². The molecule has 8 heteroatoms. The molecule has 2 heterocycles. The first-order valence-electron chi connectivity index (χ1n) is 5.96. The minimum Gasteiger partial charge on any atom is -0.394 e. The van der Waals surface area contributed by atoms with Crippen molar-refractivity contribution in [3.63, 3.8) is 0 Å². The molecule has 2 atom stereocenters. The van der Waals surface area contributed by atoms with E-state index in [4.69, 9.17) is 5.73 Å². The number of nitrogens with two attached hydrogens (primary N) is 1. The quantitative estimate of drug-likeness (QED) is 0.626. The van der Waals surface area contributed by atoms with Crippen LogP contribution in [0.1, 0.15) is 17.3 Å². The summed E-state index contributed by atoms with van der Waals surface area (Å²) in [6.07, 6.45) is 2.27. The number of halogens is 1. The predicted molar refractivity (Wildman–Crippen MR) is 77.6 cm³/mol. The number of fused-ring (bicyclic) bond motifs is 1. The number of rotatable bonds is 5. The Hall–Kier alpha value is -1.64. The van der Waals surface area contributed by atoms with Crippen molar-refractivity contribution in [2.75, 3.05) is 11.9 Å². The van der Waals surface area contributed by atoms with Crippen molar-refractivity contribution in [1.82, 2.24) is 9.61 Å². The number of nitrogens with zero attached hydrogens (tertiary/aromatic N) is 2. The summed E-state index contributed by atoms with van der Waals surface area (Å²) in [5, 5.41) is 25.9. The molecule has 0 aliphatic heterocycles. The normalized spacial score (nSPS) is 14.2. The summed E-state index contributed by atoms with van der Waals surface area (Å²) in [7, 11) is 0. The van der Waals surface area contributed by atoms with Crippen LogP contribution in [0.5, 0.6) is 0 Å². The van der Waals surface area contributed by atoms with Crippen molar-refractivity contribution >= 4 is 33.0 Å². The number of amides is 1. The maximum absolute atomic E-state index is 11.5. The zero-order valence-corrected chi connectivity index (χ0v) is 12.3. The molecule has 1 amide bonds. The van der Waals surface area contributed by atoms with Gasteiger partial charge in [-0.25, -0.2) is 4.52 Å². The number of aliphatic hydroxyl groups excluding tert-OH is 2. The third-order valence-electron chi connectivity index (χ3n) is 2.98. The van der Waals surface area contributed by atoms with E-state index < -0.39 is 18.1 Å². The van der Waals surface area contributed by atoms with Gasteiger partial charge in [0.1, 0.15) is 0 Å². The van der Waals surface area contributed by atoms with Crippen molar-refractivity contribution in [3.05, 3.63) is 28.5 Å². The fourth-order valence-corrected chi connectivity index (χ4v) is 2.28. The molecule has 0 spiro atoms. The van der Waals surface area contributed by atoms with Crippen molar-refractivity contribution in [3.8, 4) is 0 Å². The summed E-state index contributed by atoms with van der Waals surface area (Å²) in [4.78, 5) is 11.5. The zero-order chi connectivity index (χ0) is 14.9. The average molecular weight is 343 g/mol.